The quantitative estimate of drug-likeness (QED) is 0.546. The molecule has 0 saturated carbocycles. The van der Waals surface area contributed by atoms with Crippen LogP contribution in [0.4, 0.5) is 0 Å². The van der Waals surface area contributed by atoms with Crippen molar-refractivity contribution in [2.75, 3.05) is 0 Å². The Labute approximate surface area is 75.8 Å². The average molecular weight is 168 g/mol. The van der Waals surface area contributed by atoms with Crippen LogP contribution in [0.2, 0.25) is 0 Å². The molecule has 2 atom stereocenters. The molecule has 0 aromatic heterocycles. The van der Waals surface area contributed by atoms with E-state index >= 15 is 0 Å². The minimum atomic E-state index is -0.0909. The van der Waals surface area contributed by atoms with Crippen LogP contribution in [-0.4, -0.2) is 11.7 Å². The van der Waals surface area contributed by atoms with Crippen molar-refractivity contribution in [3.63, 3.8) is 0 Å². The fourth-order valence-electron chi connectivity index (χ4n) is 1.90. The van der Waals surface area contributed by atoms with Crippen molar-refractivity contribution in [3.8, 4) is 0 Å². The SMILES string of the molecule is C=CC1(C(C)(C)C)CCC(C)O1. The molecule has 1 heteroatoms. The van der Waals surface area contributed by atoms with Crippen LogP contribution < -0.4 is 0 Å². The van der Waals surface area contributed by atoms with Gasteiger partial charge in [0.1, 0.15) is 0 Å². The van der Waals surface area contributed by atoms with Crippen molar-refractivity contribution < 1.29 is 4.74 Å². The summed E-state index contributed by atoms with van der Waals surface area (Å²) in [4.78, 5) is 0. The van der Waals surface area contributed by atoms with E-state index in [4.69, 9.17) is 4.74 Å². The Hall–Kier alpha value is -0.300. The molecule has 1 rings (SSSR count). The van der Waals surface area contributed by atoms with E-state index in [0.717, 1.165) is 12.8 Å². The fraction of sp³-hybridized carbons (Fsp3) is 0.818. The molecule has 1 aliphatic heterocycles. The molecule has 0 N–H and O–H groups in total. The molecule has 0 radical (unpaired) electrons. The summed E-state index contributed by atoms with van der Waals surface area (Å²) in [6.07, 6.45) is 4.64. The van der Waals surface area contributed by atoms with Gasteiger partial charge in [-0.05, 0) is 25.2 Å². The van der Waals surface area contributed by atoms with Crippen molar-refractivity contribution in [2.45, 2.75) is 52.2 Å². The lowest BCUT2D eigenvalue weighted by Gasteiger charge is -2.38. The average Bonchev–Trinajstić information content (AvgIpc) is 2.31. The third-order valence-corrected chi connectivity index (χ3v) is 2.93. The molecule has 1 saturated heterocycles. The molecule has 1 nitrogen and oxygen atoms in total. The molecule has 2 unspecified atom stereocenters. The minimum Gasteiger partial charge on any atom is -0.367 e. The number of hydrogen-bond donors (Lipinski definition) is 0. The summed E-state index contributed by atoms with van der Waals surface area (Å²) >= 11 is 0. The third kappa shape index (κ3) is 1.42. The van der Waals surface area contributed by atoms with E-state index in [2.05, 4.69) is 34.3 Å². The second-order valence-corrected chi connectivity index (χ2v) is 4.81. The lowest BCUT2D eigenvalue weighted by Crippen LogP contribution is -2.40. The second-order valence-electron chi connectivity index (χ2n) is 4.81. The van der Waals surface area contributed by atoms with Crippen LogP contribution in [0.3, 0.4) is 0 Å². The fourth-order valence-corrected chi connectivity index (χ4v) is 1.90. The van der Waals surface area contributed by atoms with Gasteiger partial charge in [-0.3, -0.25) is 0 Å². The molecule has 1 fully saturated rings. The summed E-state index contributed by atoms with van der Waals surface area (Å²) < 4.78 is 5.94. The minimum absolute atomic E-state index is 0.0909. The van der Waals surface area contributed by atoms with Gasteiger partial charge in [0.25, 0.3) is 0 Å². The summed E-state index contributed by atoms with van der Waals surface area (Å²) in [7, 11) is 0. The van der Waals surface area contributed by atoms with E-state index in [1.165, 1.54) is 0 Å². The Balaban J connectivity index is 2.85. The Morgan fingerprint density at radius 3 is 2.25 bits per heavy atom. The van der Waals surface area contributed by atoms with Crippen molar-refractivity contribution in [3.05, 3.63) is 12.7 Å². The summed E-state index contributed by atoms with van der Waals surface area (Å²) in [5, 5.41) is 0. The first-order valence-corrected chi connectivity index (χ1v) is 4.73. The molecule has 0 bridgehead atoms. The van der Waals surface area contributed by atoms with Crippen LogP contribution in [-0.2, 0) is 4.74 Å². The first-order valence-electron chi connectivity index (χ1n) is 4.73. The van der Waals surface area contributed by atoms with Gasteiger partial charge < -0.3 is 4.74 Å². The highest BCUT2D eigenvalue weighted by molar-refractivity contribution is 5.08. The molecule has 70 valence electrons. The molecule has 1 aliphatic rings. The lowest BCUT2D eigenvalue weighted by atomic mass is 9.75. The monoisotopic (exact) mass is 168 g/mol. The van der Waals surface area contributed by atoms with E-state index in [0.29, 0.717) is 6.10 Å². The van der Waals surface area contributed by atoms with E-state index in [9.17, 15) is 0 Å². The van der Waals surface area contributed by atoms with Crippen molar-refractivity contribution in [1.29, 1.82) is 0 Å². The maximum atomic E-state index is 5.94. The molecular formula is C11H20O. The zero-order valence-electron chi connectivity index (χ0n) is 8.68. The molecule has 0 aliphatic carbocycles. The van der Waals surface area contributed by atoms with E-state index < -0.39 is 0 Å². The van der Waals surface area contributed by atoms with E-state index in [1.54, 1.807) is 0 Å². The largest absolute Gasteiger partial charge is 0.367 e. The predicted molar refractivity (Wildman–Crippen MR) is 52.2 cm³/mol. The van der Waals surface area contributed by atoms with Gasteiger partial charge in [0.15, 0.2) is 0 Å². The molecule has 0 spiro atoms. The summed E-state index contributed by atoms with van der Waals surface area (Å²) in [5.74, 6) is 0. The van der Waals surface area contributed by atoms with Gasteiger partial charge in [0.2, 0.25) is 0 Å². The van der Waals surface area contributed by atoms with Gasteiger partial charge in [-0.1, -0.05) is 26.8 Å². The van der Waals surface area contributed by atoms with Gasteiger partial charge in [-0.15, -0.1) is 6.58 Å². The Kier molecular flexibility index (Phi) is 2.35. The normalized spacial score (nSPS) is 36.8. The predicted octanol–water partition coefficient (Wildman–Crippen LogP) is 3.16. The smallest absolute Gasteiger partial charge is 0.0912 e. The summed E-state index contributed by atoms with van der Waals surface area (Å²) in [6.45, 7) is 12.7. The highest BCUT2D eigenvalue weighted by atomic mass is 16.5. The van der Waals surface area contributed by atoms with Crippen LogP contribution in [0.5, 0.6) is 0 Å². The van der Waals surface area contributed by atoms with Crippen LogP contribution in [0.1, 0.15) is 40.5 Å². The molecule has 0 aromatic rings. The number of ether oxygens (including phenoxy) is 1. The molecular weight excluding hydrogens is 148 g/mol. The highest BCUT2D eigenvalue weighted by Gasteiger charge is 2.45. The Morgan fingerprint density at radius 2 is 2.08 bits per heavy atom. The van der Waals surface area contributed by atoms with Crippen molar-refractivity contribution in [1.82, 2.24) is 0 Å². The Bertz CT molecular complexity index is 178. The maximum Gasteiger partial charge on any atom is 0.0912 e. The van der Waals surface area contributed by atoms with Gasteiger partial charge >= 0.3 is 0 Å². The lowest BCUT2D eigenvalue weighted by molar-refractivity contribution is -0.0679. The van der Waals surface area contributed by atoms with Gasteiger partial charge in [0, 0.05) is 0 Å². The van der Waals surface area contributed by atoms with Crippen molar-refractivity contribution in [2.24, 2.45) is 5.41 Å². The van der Waals surface area contributed by atoms with Crippen LogP contribution in [0.25, 0.3) is 0 Å². The topological polar surface area (TPSA) is 9.23 Å². The number of rotatable bonds is 1. The van der Waals surface area contributed by atoms with E-state index in [1.807, 2.05) is 6.08 Å². The second kappa shape index (κ2) is 2.88. The standard InChI is InChI=1S/C11H20O/c1-6-11(10(3,4)5)8-7-9(2)12-11/h6,9H,1,7-8H2,2-5H3. The van der Waals surface area contributed by atoms with Gasteiger partial charge in [-0.25, -0.2) is 0 Å². The zero-order valence-corrected chi connectivity index (χ0v) is 8.68. The molecule has 1 heterocycles. The highest BCUT2D eigenvalue weighted by Crippen LogP contribution is 2.44. The van der Waals surface area contributed by atoms with Crippen LogP contribution in [0, 0.1) is 5.41 Å². The van der Waals surface area contributed by atoms with Gasteiger partial charge in [-0.2, -0.15) is 0 Å². The zero-order chi connectivity index (χ0) is 9.41. The first kappa shape index (κ1) is 9.79. The number of hydrogen-bond acceptors (Lipinski definition) is 1. The summed E-state index contributed by atoms with van der Waals surface area (Å²) in [5.41, 5.74) is 0.0753. The first-order chi connectivity index (χ1) is 5.41. The Morgan fingerprint density at radius 1 is 1.50 bits per heavy atom. The third-order valence-electron chi connectivity index (χ3n) is 2.93. The molecule has 12 heavy (non-hydrogen) atoms. The van der Waals surface area contributed by atoms with Crippen molar-refractivity contribution >= 4 is 0 Å². The maximum absolute atomic E-state index is 5.94. The molecule has 0 amide bonds. The van der Waals surface area contributed by atoms with Crippen LogP contribution in [0.15, 0.2) is 12.7 Å². The molecule has 0 aromatic carbocycles. The summed E-state index contributed by atoms with van der Waals surface area (Å²) in [6, 6.07) is 0. The van der Waals surface area contributed by atoms with E-state index in [-0.39, 0.29) is 11.0 Å². The van der Waals surface area contributed by atoms with Gasteiger partial charge in [0.05, 0.1) is 11.7 Å². The van der Waals surface area contributed by atoms with Crippen LogP contribution >= 0.6 is 0 Å².